The molecule has 0 aromatic heterocycles. The number of hydrogen-bond acceptors (Lipinski definition) is 9. The Morgan fingerprint density at radius 3 is 1.96 bits per heavy atom. The van der Waals surface area contributed by atoms with Gasteiger partial charge in [0.1, 0.15) is 17.3 Å². The van der Waals surface area contributed by atoms with Crippen LogP contribution in [0.3, 0.4) is 0 Å². The minimum atomic E-state index is -0.572. The quantitative estimate of drug-likeness (QED) is 0.0968. The van der Waals surface area contributed by atoms with Crippen LogP contribution in [0.25, 0.3) is 0 Å². The van der Waals surface area contributed by atoms with Crippen molar-refractivity contribution in [2.75, 3.05) is 26.4 Å². The summed E-state index contributed by atoms with van der Waals surface area (Å²) in [6.45, 7) is 15.2. The molecule has 0 bridgehead atoms. The molecule has 0 amide bonds. The van der Waals surface area contributed by atoms with Gasteiger partial charge in [-0.25, -0.2) is 15.5 Å². The molecule has 0 radical (unpaired) electrons. The van der Waals surface area contributed by atoms with Crippen molar-refractivity contribution >= 4 is 46.9 Å². The number of amidine groups is 1. The highest BCUT2D eigenvalue weighted by molar-refractivity contribution is 6.32. The van der Waals surface area contributed by atoms with Gasteiger partial charge in [0.25, 0.3) is 0 Å². The number of nitrogens with two attached hydrogens (primary N) is 3. The first-order chi connectivity index (χ1) is 21.7. The minimum Gasteiger partial charge on any atom is -0.492 e. The summed E-state index contributed by atoms with van der Waals surface area (Å²) >= 11 is 12.2. The minimum absolute atomic E-state index is 0.0504. The van der Waals surface area contributed by atoms with Crippen LogP contribution in [0, 0.1) is 13.8 Å². The van der Waals surface area contributed by atoms with E-state index in [1.165, 1.54) is 5.06 Å². The highest BCUT2D eigenvalue weighted by Gasteiger charge is 2.32. The maximum atomic E-state index is 6.12. The molecule has 0 fully saturated rings. The Labute approximate surface area is 281 Å². The van der Waals surface area contributed by atoms with E-state index in [1.54, 1.807) is 0 Å². The van der Waals surface area contributed by atoms with E-state index in [4.69, 9.17) is 59.6 Å². The van der Waals surface area contributed by atoms with Gasteiger partial charge < -0.3 is 26.7 Å². The summed E-state index contributed by atoms with van der Waals surface area (Å²) in [7, 11) is 0. The number of benzene rings is 2. The van der Waals surface area contributed by atoms with Crippen molar-refractivity contribution in [2.45, 2.75) is 73.0 Å². The van der Waals surface area contributed by atoms with E-state index in [2.05, 4.69) is 25.4 Å². The van der Waals surface area contributed by atoms with Crippen molar-refractivity contribution in [3.8, 4) is 11.5 Å². The lowest BCUT2D eigenvalue weighted by Crippen LogP contribution is -2.52. The fraction of sp³-hybridized carbons (Fsp3) is 0.484. The van der Waals surface area contributed by atoms with E-state index >= 15 is 0 Å². The number of nitrogens with one attached hydrogen (secondary N) is 1. The zero-order valence-electron chi connectivity index (χ0n) is 27.6. The molecule has 7 N–H and O–H groups in total. The second-order valence-electron chi connectivity index (χ2n) is 11.1. The molecular formula is C31H47Cl2N9O4. The molecule has 0 aliphatic carbocycles. The van der Waals surface area contributed by atoms with E-state index in [1.807, 2.05) is 84.9 Å². The summed E-state index contributed by atoms with van der Waals surface area (Å²) in [6, 6.07) is 11.4. The Morgan fingerprint density at radius 1 is 0.913 bits per heavy atom. The summed E-state index contributed by atoms with van der Waals surface area (Å²) in [5.41, 5.74) is 21.2. The van der Waals surface area contributed by atoms with Crippen LogP contribution in [0.2, 0.25) is 10.0 Å². The van der Waals surface area contributed by atoms with E-state index in [-0.39, 0.29) is 18.0 Å². The molecule has 254 valence electrons. The average molecular weight is 681 g/mol. The SMILES string of the molecule is CC1=NC(C)(C)N(OCCCOc2ccc(C)cc2Cl)C(N)=N1.Cc1ccc(OCCCONC(N)=NC(N)=NC(C)C)c(Cl)c1. The first-order valence-corrected chi connectivity index (χ1v) is 15.6. The molecular weight excluding hydrogens is 633 g/mol. The predicted molar refractivity (Wildman–Crippen MR) is 187 cm³/mol. The second-order valence-corrected chi connectivity index (χ2v) is 11.9. The lowest BCUT2D eigenvalue weighted by molar-refractivity contribution is -0.158. The highest BCUT2D eigenvalue weighted by atomic mass is 35.5. The number of hydroxylamine groups is 3. The van der Waals surface area contributed by atoms with Crippen molar-refractivity contribution in [3.63, 3.8) is 0 Å². The molecule has 2 aromatic rings. The number of nitrogens with zero attached hydrogens (tertiary/aromatic N) is 5. The molecule has 0 spiro atoms. The molecule has 1 heterocycles. The van der Waals surface area contributed by atoms with Gasteiger partial charge in [0, 0.05) is 18.9 Å². The fourth-order valence-corrected chi connectivity index (χ4v) is 4.48. The summed E-state index contributed by atoms with van der Waals surface area (Å²) < 4.78 is 11.2. The molecule has 3 rings (SSSR count). The summed E-state index contributed by atoms with van der Waals surface area (Å²) in [5.74, 6) is 2.44. The van der Waals surface area contributed by atoms with E-state index < -0.39 is 5.66 Å². The van der Waals surface area contributed by atoms with Gasteiger partial charge in [-0.2, -0.15) is 15.0 Å². The molecule has 46 heavy (non-hydrogen) atoms. The standard InChI is InChI=1S/C16H23ClN4O2.C15H24ClN5O2/c1-11-6-7-14(13(17)10-11)22-8-5-9-23-21-15(18)19-12(2)20-16(21,3)4;1-10(2)19-14(17)20-15(18)21-23-8-4-7-22-13-6-5-11(3)9-12(13)16/h6-7,10H,5,8-9H2,1-4H3,(H2,18,19,20);5-6,9-10H,4,7-8H2,1-3H3,(H5,17,18,19,20,21). The van der Waals surface area contributed by atoms with Gasteiger partial charge in [0.05, 0.1) is 36.5 Å². The molecule has 0 saturated carbocycles. The van der Waals surface area contributed by atoms with Gasteiger partial charge in [0.2, 0.25) is 17.9 Å². The van der Waals surface area contributed by atoms with Crippen LogP contribution in [-0.4, -0.2) is 66.9 Å². The zero-order chi connectivity index (χ0) is 34.3. The van der Waals surface area contributed by atoms with Crippen LogP contribution in [0.15, 0.2) is 56.4 Å². The molecule has 0 saturated heterocycles. The third-order valence-electron chi connectivity index (χ3n) is 5.81. The molecule has 0 atom stereocenters. The molecule has 2 aromatic carbocycles. The third kappa shape index (κ3) is 14.1. The van der Waals surface area contributed by atoms with Crippen LogP contribution in [-0.2, 0) is 9.68 Å². The first-order valence-electron chi connectivity index (χ1n) is 14.8. The number of aryl methyl sites for hydroxylation is 2. The van der Waals surface area contributed by atoms with E-state index in [9.17, 15) is 0 Å². The van der Waals surface area contributed by atoms with Crippen molar-refractivity contribution in [1.29, 1.82) is 0 Å². The molecule has 13 nitrogen and oxygen atoms in total. The van der Waals surface area contributed by atoms with Gasteiger partial charge in [0.15, 0.2) is 5.66 Å². The monoisotopic (exact) mass is 679 g/mol. The summed E-state index contributed by atoms with van der Waals surface area (Å²) in [4.78, 5) is 27.3. The maximum Gasteiger partial charge on any atom is 0.224 e. The van der Waals surface area contributed by atoms with Crippen molar-refractivity contribution in [2.24, 2.45) is 37.2 Å². The van der Waals surface area contributed by atoms with Gasteiger partial charge in [-0.3, -0.25) is 9.68 Å². The molecule has 0 unspecified atom stereocenters. The lowest BCUT2D eigenvalue weighted by atomic mass is 10.2. The largest absolute Gasteiger partial charge is 0.492 e. The molecule has 1 aliphatic rings. The second kappa shape index (κ2) is 19.0. The van der Waals surface area contributed by atoms with Crippen molar-refractivity contribution < 1.29 is 19.1 Å². The average Bonchev–Trinajstić information content (AvgIpc) is 2.93. The Hall–Kier alpha value is -3.78. The van der Waals surface area contributed by atoms with Crippen molar-refractivity contribution in [3.05, 3.63) is 57.6 Å². The predicted octanol–water partition coefficient (Wildman–Crippen LogP) is 5.11. The normalized spacial score (nSPS) is 14.7. The Kier molecular flexibility index (Phi) is 15.9. The molecule has 15 heteroatoms. The lowest BCUT2D eigenvalue weighted by Gasteiger charge is -2.37. The van der Waals surface area contributed by atoms with Crippen LogP contribution in [0.1, 0.15) is 58.6 Å². The highest BCUT2D eigenvalue weighted by Crippen LogP contribution is 2.26. The maximum absolute atomic E-state index is 6.12. The number of guanidine groups is 3. The van der Waals surface area contributed by atoms with Gasteiger partial charge >= 0.3 is 0 Å². The number of halogens is 2. The third-order valence-corrected chi connectivity index (χ3v) is 6.40. The van der Waals surface area contributed by atoms with E-state index in [0.29, 0.717) is 72.6 Å². The number of rotatable bonds is 13. The first kappa shape index (κ1) is 38.4. The van der Waals surface area contributed by atoms with Crippen LogP contribution in [0.4, 0.5) is 0 Å². The molecule has 1 aliphatic heterocycles. The van der Waals surface area contributed by atoms with Gasteiger partial charge in [-0.05, 0) is 83.9 Å². The smallest absolute Gasteiger partial charge is 0.224 e. The Balaban J connectivity index is 0.000000320. The zero-order valence-corrected chi connectivity index (χ0v) is 29.2. The van der Waals surface area contributed by atoms with Crippen LogP contribution in [0.5, 0.6) is 11.5 Å². The fourth-order valence-electron chi connectivity index (χ4n) is 3.90. The Morgan fingerprint density at radius 2 is 1.46 bits per heavy atom. The summed E-state index contributed by atoms with van der Waals surface area (Å²) in [5, 5.41) is 2.74. The van der Waals surface area contributed by atoms with Crippen LogP contribution < -0.4 is 32.2 Å². The topological polar surface area (TPSA) is 180 Å². The number of ether oxygens (including phenoxy) is 2. The van der Waals surface area contributed by atoms with Crippen molar-refractivity contribution in [1.82, 2.24) is 10.5 Å². The van der Waals surface area contributed by atoms with Gasteiger partial charge in [-0.15, -0.1) is 0 Å². The Bertz CT molecular complexity index is 1400. The summed E-state index contributed by atoms with van der Waals surface area (Å²) in [6.07, 6.45) is 1.34. The van der Waals surface area contributed by atoms with E-state index in [0.717, 1.165) is 11.1 Å². The number of aliphatic imine (C=N–C) groups is 4. The van der Waals surface area contributed by atoms with Gasteiger partial charge in [-0.1, -0.05) is 35.3 Å². The number of hydrogen-bond donors (Lipinski definition) is 4. The van der Waals surface area contributed by atoms with Crippen LogP contribution >= 0.6 is 23.2 Å².